The lowest BCUT2D eigenvalue weighted by Crippen LogP contribution is -2.46. The van der Waals surface area contributed by atoms with Gasteiger partial charge in [0.1, 0.15) is 5.75 Å². The lowest BCUT2D eigenvalue weighted by atomic mass is 9.86. The maximum atomic E-state index is 6.38. The van der Waals surface area contributed by atoms with Crippen molar-refractivity contribution >= 4 is 17.3 Å². The SMILES string of the molecule is COc1ccc(Cl)c(N2CCCNC(C(C)(C)C)C2)c1. The minimum Gasteiger partial charge on any atom is -0.497 e. The fourth-order valence-corrected chi connectivity index (χ4v) is 2.82. The summed E-state index contributed by atoms with van der Waals surface area (Å²) in [5, 5.41) is 4.45. The van der Waals surface area contributed by atoms with Crippen molar-refractivity contribution in [1.82, 2.24) is 5.32 Å². The Hall–Kier alpha value is -0.930. The molecular formula is C16H25ClN2O. The summed E-state index contributed by atoms with van der Waals surface area (Å²) >= 11 is 6.38. The molecule has 1 aromatic rings. The fourth-order valence-electron chi connectivity index (χ4n) is 2.58. The Balaban J connectivity index is 2.26. The standard InChI is InChI=1S/C16H25ClN2O/c1-16(2,3)15-11-19(9-5-8-18-15)14-10-12(20-4)6-7-13(14)17/h6-7,10,15,18H,5,8-9,11H2,1-4H3. The van der Waals surface area contributed by atoms with Gasteiger partial charge in [0, 0.05) is 25.2 Å². The van der Waals surface area contributed by atoms with Gasteiger partial charge in [-0.05, 0) is 30.5 Å². The Kier molecular flexibility index (Phi) is 4.82. The highest BCUT2D eigenvalue weighted by Gasteiger charge is 2.28. The van der Waals surface area contributed by atoms with Crippen molar-refractivity contribution in [3.8, 4) is 5.75 Å². The van der Waals surface area contributed by atoms with Gasteiger partial charge >= 0.3 is 0 Å². The van der Waals surface area contributed by atoms with Crippen LogP contribution in [0.1, 0.15) is 27.2 Å². The average molecular weight is 297 g/mol. The second kappa shape index (κ2) is 6.23. The highest BCUT2D eigenvalue weighted by molar-refractivity contribution is 6.33. The number of ether oxygens (including phenoxy) is 1. The number of hydrogen-bond donors (Lipinski definition) is 1. The predicted octanol–water partition coefficient (Wildman–Crippen LogP) is 3.56. The first-order valence-corrected chi connectivity index (χ1v) is 7.61. The zero-order valence-corrected chi connectivity index (χ0v) is 13.6. The van der Waals surface area contributed by atoms with Gasteiger partial charge in [0.2, 0.25) is 0 Å². The van der Waals surface area contributed by atoms with Crippen LogP contribution in [-0.2, 0) is 0 Å². The van der Waals surface area contributed by atoms with E-state index in [0.717, 1.165) is 42.5 Å². The predicted molar refractivity (Wildman–Crippen MR) is 86.1 cm³/mol. The quantitative estimate of drug-likeness (QED) is 0.903. The van der Waals surface area contributed by atoms with Gasteiger partial charge in [0.25, 0.3) is 0 Å². The number of hydrogen-bond acceptors (Lipinski definition) is 3. The average Bonchev–Trinajstić information content (AvgIpc) is 2.64. The molecule has 0 aliphatic carbocycles. The van der Waals surface area contributed by atoms with Crippen molar-refractivity contribution < 1.29 is 4.74 Å². The Labute approximate surface area is 127 Å². The molecule has 1 aliphatic heterocycles. The Morgan fingerprint density at radius 2 is 2.10 bits per heavy atom. The van der Waals surface area contributed by atoms with E-state index in [2.05, 4.69) is 31.0 Å². The van der Waals surface area contributed by atoms with Gasteiger partial charge < -0.3 is 15.0 Å². The van der Waals surface area contributed by atoms with E-state index in [9.17, 15) is 0 Å². The molecule has 1 saturated heterocycles. The Morgan fingerprint density at radius 1 is 1.35 bits per heavy atom. The molecule has 1 atom stereocenters. The van der Waals surface area contributed by atoms with E-state index in [1.54, 1.807) is 7.11 Å². The summed E-state index contributed by atoms with van der Waals surface area (Å²) in [4.78, 5) is 2.38. The molecule has 0 aromatic heterocycles. The number of rotatable bonds is 2. The topological polar surface area (TPSA) is 24.5 Å². The molecule has 2 rings (SSSR count). The second-order valence-corrected chi connectivity index (χ2v) is 6.90. The molecule has 4 heteroatoms. The third-order valence-electron chi connectivity index (χ3n) is 3.94. The second-order valence-electron chi connectivity index (χ2n) is 6.49. The first-order chi connectivity index (χ1) is 9.41. The molecule has 20 heavy (non-hydrogen) atoms. The lowest BCUT2D eigenvalue weighted by Gasteiger charge is -2.35. The summed E-state index contributed by atoms with van der Waals surface area (Å²) in [6, 6.07) is 6.31. The van der Waals surface area contributed by atoms with Crippen LogP contribution in [0.4, 0.5) is 5.69 Å². The smallest absolute Gasteiger partial charge is 0.121 e. The summed E-state index contributed by atoms with van der Waals surface area (Å²) in [5.74, 6) is 0.855. The fraction of sp³-hybridized carbons (Fsp3) is 0.625. The van der Waals surface area contributed by atoms with E-state index in [1.165, 1.54) is 0 Å². The summed E-state index contributed by atoms with van der Waals surface area (Å²) in [7, 11) is 1.69. The number of nitrogens with one attached hydrogen (secondary N) is 1. The van der Waals surface area contributed by atoms with E-state index < -0.39 is 0 Å². The van der Waals surface area contributed by atoms with Crippen molar-refractivity contribution in [2.24, 2.45) is 5.41 Å². The molecule has 0 spiro atoms. The van der Waals surface area contributed by atoms with E-state index >= 15 is 0 Å². The van der Waals surface area contributed by atoms with Crippen LogP contribution in [0, 0.1) is 5.41 Å². The summed E-state index contributed by atoms with van der Waals surface area (Å²) in [5.41, 5.74) is 1.30. The maximum Gasteiger partial charge on any atom is 0.121 e. The van der Waals surface area contributed by atoms with Crippen LogP contribution in [0.5, 0.6) is 5.75 Å². The molecule has 1 heterocycles. The highest BCUT2D eigenvalue weighted by atomic mass is 35.5. The van der Waals surface area contributed by atoms with Crippen molar-refractivity contribution in [3.05, 3.63) is 23.2 Å². The third-order valence-corrected chi connectivity index (χ3v) is 4.26. The van der Waals surface area contributed by atoms with E-state index in [1.807, 2.05) is 18.2 Å². The molecule has 1 fully saturated rings. The molecule has 0 radical (unpaired) electrons. The number of nitrogens with zero attached hydrogens (tertiary/aromatic N) is 1. The molecule has 1 aliphatic rings. The van der Waals surface area contributed by atoms with Crippen molar-refractivity contribution in [2.45, 2.75) is 33.2 Å². The number of anilines is 1. The molecular weight excluding hydrogens is 272 g/mol. The summed E-state index contributed by atoms with van der Waals surface area (Å²) in [6.07, 6.45) is 1.13. The van der Waals surface area contributed by atoms with Crippen LogP contribution in [-0.4, -0.2) is 32.8 Å². The van der Waals surface area contributed by atoms with Crippen LogP contribution in [0.3, 0.4) is 0 Å². The Morgan fingerprint density at radius 3 is 2.75 bits per heavy atom. The molecule has 1 N–H and O–H groups in total. The van der Waals surface area contributed by atoms with E-state index in [0.29, 0.717) is 6.04 Å². The Bertz CT molecular complexity index is 456. The largest absolute Gasteiger partial charge is 0.497 e. The lowest BCUT2D eigenvalue weighted by molar-refractivity contribution is 0.280. The van der Waals surface area contributed by atoms with Crippen molar-refractivity contribution in [2.75, 3.05) is 31.6 Å². The zero-order chi connectivity index (χ0) is 14.8. The molecule has 0 bridgehead atoms. The monoisotopic (exact) mass is 296 g/mol. The van der Waals surface area contributed by atoms with Crippen molar-refractivity contribution in [1.29, 1.82) is 0 Å². The molecule has 1 aromatic carbocycles. The van der Waals surface area contributed by atoms with Gasteiger partial charge in [0.05, 0.1) is 17.8 Å². The first-order valence-electron chi connectivity index (χ1n) is 7.23. The third kappa shape index (κ3) is 3.58. The van der Waals surface area contributed by atoms with Gasteiger partial charge in [0.15, 0.2) is 0 Å². The van der Waals surface area contributed by atoms with Crippen LogP contribution in [0.25, 0.3) is 0 Å². The molecule has 0 amide bonds. The van der Waals surface area contributed by atoms with Crippen LogP contribution in [0.15, 0.2) is 18.2 Å². The minimum absolute atomic E-state index is 0.230. The van der Waals surface area contributed by atoms with Gasteiger partial charge in [-0.3, -0.25) is 0 Å². The minimum atomic E-state index is 0.230. The zero-order valence-electron chi connectivity index (χ0n) is 12.9. The maximum absolute atomic E-state index is 6.38. The van der Waals surface area contributed by atoms with Gasteiger partial charge in [-0.15, -0.1) is 0 Å². The van der Waals surface area contributed by atoms with E-state index in [4.69, 9.17) is 16.3 Å². The number of halogens is 1. The molecule has 1 unspecified atom stereocenters. The van der Waals surface area contributed by atoms with Crippen LogP contribution >= 0.6 is 11.6 Å². The normalized spacial score (nSPS) is 20.6. The number of benzene rings is 1. The van der Waals surface area contributed by atoms with Gasteiger partial charge in [-0.25, -0.2) is 0 Å². The van der Waals surface area contributed by atoms with E-state index in [-0.39, 0.29) is 5.41 Å². The van der Waals surface area contributed by atoms with Gasteiger partial charge in [-0.1, -0.05) is 32.4 Å². The summed E-state index contributed by atoms with van der Waals surface area (Å²) < 4.78 is 5.33. The van der Waals surface area contributed by atoms with Crippen molar-refractivity contribution in [3.63, 3.8) is 0 Å². The van der Waals surface area contributed by atoms with Crippen LogP contribution in [0.2, 0.25) is 5.02 Å². The van der Waals surface area contributed by atoms with Gasteiger partial charge in [-0.2, -0.15) is 0 Å². The molecule has 112 valence electrons. The summed E-state index contributed by atoms with van der Waals surface area (Å²) in [6.45, 7) is 9.88. The molecule has 0 saturated carbocycles. The first kappa shape index (κ1) is 15.5. The molecule has 3 nitrogen and oxygen atoms in total. The highest BCUT2D eigenvalue weighted by Crippen LogP contribution is 2.32. The van der Waals surface area contributed by atoms with Crippen LogP contribution < -0.4 is 15.0 Å². The number of methoxy groups -OCH3 is 1.